The molecule has 0 N–H and O–H groups in total. The molecule has 0 aliphatic carbocycles. The number of aldehydes is 1. The number of nitrogens with zero attached hydrogens (tertiary/aromatic N) is 2. The highest BCUT2D eigenvalue weighted by atomic mass is 16.5. The molecule has 0 saturated heterocycles. The third-order valence-electron chi connectivity index (χ3n) is 4.43. The molecule has 2 aromatic carbocycles. The highest BCUT2D eigenvalue weighted by Crippen LogP contribution is 2.36. The summed E-state index contributed by atoms with van der Waals surface area (Å²) in [5.41, 5.74) is 3.66. The van der Waals surface area contributed by atoms with Crippen LogP contribution in [0.5, 0.6) is 11.5 Å². The van der Waals surface area contributed by atoms with Crippen LogP contribution in [0.3, 0.4) is 0 Å². The second-order valence-corrected chi connectivity index (χ2v) is 7.52. The molecule has 0 aliphatic rings. The first kappa shape index (κ1) is 22.7. The van der Waals surface area contributed by atoms with Crippen molar-refractivity contribution in [2.75, 3.05) is 54.5 Å². The Hall–Kier alpha value is -2.63. The van der Waals surface area contributed by atoms with E-state index >= 15 is 0 Å². The van der Waals surface area contributed by atoms with Crippen molar-refractivity contribution in [2.45, 2.75) is 6.92 Å². The third-order valence-corrected chi connectivity index (χ3v) is 4.43. The minimum atomic E-state index is 0.568. The van der Waals surface area contributed by atoms with E-state index in [0.29, 0.717) is 13.2 Å². The van der Waals surface area contributed by atoms with Gasteiger partial charge in [0.1, 0.15) is 31.0 Å². The van der Waals surface area contributed by atoms with Crippen molar-refractivity contribution >= 4 is 11.9 Å². The van der Waals surface area contributed by atoms with E-state index in [1.807, 2.05) is 71.5 Å². The fraction of sp³-hybridized carbons (Fsp3) is 0.375. The molecule has 0 bridgehead atoms. The summed E-state index contributed by atoms with van der Waals surface area (Å²) < 4.78 is 12.1. The largest absolute Gasteiger partial charge is 0.492 e. The SMILES string of the molecule is Cc1ccc(OCCN(C)C)c(C(=CC=O)c2ccccc2OCCN(C)C)c1. The average Bonchev–Trinajstić information content (AvgIpc) is 2.67. The van der Waals surface area contributed by atoms with Crippen LogP contribution in [0.2, 0.25) is 0 Å². The van der Waals surface area contributed by atoms with Crippen LogP contribution in [0.1, 0.15) is 16.7 Å². The molecule has 2 rings (SSSR count). The lowest BCUT2D eigenvalue weighted by Crippen LogP contribution is -2.20. The molecule has 0 amide bonds. The van der Waals surface area contributed by atoms with Crippen LogP contribution in [0.4, 0.5) is 0 Å². The van der Waals surface area contributed by atoms with Crippen molar-refractivity contribution < 1.29 is 14.3 Å². The second kappa shape index (κ2) is 11.4. The van der Waals surface area contributed by atoms with Gasteiger partial charge in [-0.2, -0.15) is 0 Å². The predicted octanol–water partition coefficient (Wildman–Crippen LogP) is 3.51. The molecule has 156 valence electrons. The maximum Gasteiger partial charge on any atom is 0.143 e. The zero-order valence-electron chi connectivity index (χ0n) is 18.1. The predicted molar refractivity (Wildman–Crippen MR) is 119 cm³/mol. The minimum Gasteiger partial charge on any atom is -0.492 e. The van der Waals surface area contributed by atoms with E-state index in [1.54, 1.807) is 6.08 Å². The fourth-order valence-electron chi connectivity index (χ4n) is 2.86. The van der Waals surface area contributed by atoms with Crippen LogP contribution in [0, 0.1) is 6.92 Å². The summed E-state index contributed by atoms with van der Waals surface area (Å²) in [4.78, 5) is 15.6. The van der Waals surface area contributed by atoms with Gasteiger partial charge in [0, 0.05) is 24.2 Å². The molecular formula is C24H32N2O3. The molecular weight excluding hydrogens is 364 g/mol. The first-order valence-corrected chi connectivity index (χ1v) is 9.83. The van der Waals surface area contributed by atoms with E-state index < -0.39 is 0 Å². The summed E-state index contributed by atoms with van der Waals surface area (Å²) in [7, 11) is 8.05. The number of para-hydroxylation sites is 1. The van der Waals surface area contributed by atoms with E-state index in [0.717, 1.165) is 53.1 Å². The maximum atomic E-state index is 11.5. The van der Waals surface area contributed by atoms with Gasteiger partial charge in [-0.3, -0.25) is 4.79 Å². The summed E-state index contributed by atoms with van der Waals surface area (Å²) >= 11 is 0. The lowest BCUT2D eigenvalue weighted by atomic mass is 9.94. The molecule has 0 saturated carbocycles. The van der Waals surface area contributed by atoms with Crippen LogP contribution < -0.4 is 9.47 Å². The lowest BCUT2D eigenvalue weighted by molar-refractivity contribution is -0.104. The Morgan fingerprint density at radius 3 is 2.03 bits per heavy atom. The van der Waals surface area contributed by atoms with Gasteiger partial charge in [0.2, 0.25) is 0 Å². The number of aryl methyl sites for hydroxylation is 1. The van der Waals surface area contributed by atoms with Crippen LogP contribution in [0.25, 0.3) is 5.57 Å². The van der Waals surface area contributed by atoms with Gasteiger partial charge in [-0.15, -0.1) is 0 Å². The average molecular weight is 397 g/mol. The van der Waals surface area contributed by atoms with Gasteiger partial charge in [-0.05, 0) is 65.0 Å². The Kier molecular flexibility index (Phi) is 8.90. The van der Waals surface area contributed by atoms with Crippen molar-refractivity contribution in [3.05, 3.63) is 65.2 Å². The molecule has 5 nitrogen and oxygen atoms in total. The third kappa shape index (κ3) is 7.04. The Labute approximate surface area is 174 Å². The van der Waals surface area contributed by atoms with Gasteiger partial charge in [-0.25, -0.2) is 0 Å². The number of allylic oxidation sites excluding steroid dienone is 1. The highest BCUT2D eigenvalue weighted by Gasteiger charge is 2.16. The summed E-state index contributed by atoms with van der Waals surface area (Å²) in [5, 5.41) is 0. The summed E-state index contributed by atoms with van der Waals surface area (Å²) in [5.74, 6) is 1.51. The van der Waals surface area contributed by atoms with Gasteiger partial charge >= 0.3 is 0 Å². The van der Waals surface area contributed by atoms with E-state index in [9.17, 15) is 4.79 Å². The number of benzene rings is 2. The first-order valence-electron chi connectivity index (χ1n) is 9.83. The number of hydrogen-bond donors (Lipinski definition) is 0. The van der Waals surface area contributed by atoms with Crippen molar-refractivity contribution in [1.29, 1.82) is 0 Å². The van der Waals surface area contributed by atoms with Gasteiger partial charge < -0.3 is 19.3 Å². The Balaban J connectivity index is 2.41. The van der Waals surface area contributed by atoms with E-state index in [-0.39, 0.29) is 0 Å². The maximum absolute atomic E-state index is 11.5. The number of ether oxygens (including phenoxy) is 2. The van der Waals surface area contributed by atoms with Gasteiger partial charge in [0.05, 0.1) is 0 Å². The van der Waals surface area contributed by atoms with Crippen LogP contribution in [-0.4, -0.2) is 70.6 Å². The van der Waals surface area contributed by atoms with E-state index in [2.05, 4.69) is 15.9 Å². The molecule has 0 atom stereocenters. The minimum absolute atomic E-state index is 0.568. The number of hydrogen-bond acceptors (Lipinski definition) is 5. The van der Waals surface area contributed by atoms with Crippen LogP contribution in [-0.2, 0) is 4.79 Å². The molecule has 0 heterocycles. The molecule has 0 unspecified atom stereocenters. The highest BCUT2D eigenvalue weighted by molar-refractivity contribution is 5.93. The van der Waals surface area contributed by atoms with Crippen molar-refractivity contribution in [1.82, 2.24) is 9.80 Å². The second-order valence-electron chi connectivity index (χ2n) is 7.52. The monoisotopic (exact) mass is 396 g/mol. The van der Waals surface area contributed by atoms with Gasteiger partial charge in [0.25, 0.3) is 0 Å². The summed E-state index contributed by atoms with van der Waals surface area (Å²) in [6.45, 7) is 4.79. The Morgan fingerprint density at radius 2 is 1.45 bits per heavy atom. The standard InChI is InChI=1S/C24H32N2O3/c1-19-10-11-24(29-17-14-26(4)5)22(18-19)20(12-15-27)21-8-6-7-9-23(21)28-16-13-25(2)3/h6-12,15,18H,13-14,16-17H2,1-5H3. The van der Waals surface area contributed by atoms with E-state index in [1.165, 1.54) is 0 Å². The van der Waals surface area contributed by atoms with Gasteiger partial charge in [-0.1, -0.05) is 29.8 Å². The smallest absolute Gasteiger partial charge is 0.143 e. The summed E-state index contributed by atoms with van der Waals surface area (Å²) in [6.07, 6.45) is 2.40. The number of carbonyl (C=O) groups is 1. The molecule has 0 aliphatic heterocycles. The van der Waals surface area contributed by atoms with Crippen molar-refractivity contribution in [3.63, 3.8) is 0 Å². The zero-order valence-corrected chi connectivity index (χ0v) is 18.1. The van der Waals surface area contributed by atoms with Crippen LogP contribution >= 0.6 is 0 Å². The molecule has 0 fully saturated rings. The Bertz CT molecular complexity index is 829. The molecule has 0 aromatic heterocycles. The lowest BCUT2D eigenvalue weighted by Gasteiger charge is -2.19. The van der Waals surface area contributed by atoms with Crippen molar-refractivity contribution in [3.8, 4) is 11.5 Å². The number of carbonyl (C=O) groups excluding carboxylic acids is 1. The van der Waals surface area contributed by atoms with Crippen LogP contribution in [0.15, 0.2) is 48.5 Å². The van der Waals surface area contributed by atoms with Gasteiger partial charge in [0.15, 0.2) is 0 Å². The molecule has 2 aromatic rings. The first-order chi connectivity index (χ1) is 13.9. The molecule has 29 heavy (non-hydrogen) atoms. The zero-order chi connectivity index (χ0) is 21.2. The van der Waals surface area contributed by atoms with Crippen molar-refractivity contribution in [2.24, 2.45) is 0 Å². The molecule has 0 radical (unpaired) electrons. The van der Waals surface area contributed by atoms with E-state index in [4.69, 9.17) is 9.47 Å². The molecule has 5 heteroatoms. The number of likely N-dealkylation sites (N-methyl/N-ethyl adjacent to an activating group) is 2. The topological polar surface area (TPSA) is 42.0 Å². The number of rotatable bonds is 11. The molecule has 0 spiro atoms. The Morgan fingerprint density at radius 1 is 0.862 bits per heavy atom. The fourth-order valence-corrected chi connectivity index (χ4v) is 2.86. The quantitative estimate of drug-likeness (QED) is 0.430. The normalized spacial score (nSPS) is 11.8. The summed E-state index contributed by atoms with van der Waals surface area (Å²) in [6, 6.07) is 13.9.